The number of ketones is 1. The minimum atomic E-state index is -0.438. The number of hydrogen-bond acceptors (Lipinski definition) is 8. The van der Waals surface area contributed by atoms with Crippen molar-refractivity contribution in [2.24, 2.45) is 0 Å². The number of hydrogen-bond donors (Lipinski definition) is 1. The Kier molecular flexibility index (Phi) is 6.38. The molecule has 3 aromatic rings. The Morgan fingerprint density at radius 1 is 1.17 bits per heavy atom. The fourth-order valence-electron chi connectivity index (χ4n) is 2.86. The second-order valence-corrected chi connectivity index (χ2v) is 7.09. The predicted molar refractivity (Wildman–Crippen MR) is 108 cm³/mol. The average molecular weight is 415 g/mol. The van der Waals surface area contributed by atoms with Crippen molar-refractivity contribution in [2.45, 2.75) is 26.0 Å². The quantitative estimate of drug-likeness (QED) is 0.336. The van der Waals surface area contributed by atoms with Crippen molar-refractivity contribution in [2.75, 3.05) is 19.5 Å². The molecule has 2 aromatic heterocycles. The van der Waals surface area contributed by atoms with Gasteiger partial charge in [0.2, 0.25) is 5.89 Å². The highest BCUT2D eigenvalue weighted by Gasteiger charge is 2.23. The molecule has 9 heteroatoms. The maximum atomic E-state index is 12.6. The highest BCUT2D eigenvalue weighted by atomic mass is 32.2. The molecule has 0 radical (unpaired) electrons. The number of Topliss-reactive ketones (excluding diaryl/α,β-unsaturated/α-hetero) is 1. The highest BCUT2D eigenvalue weighted by molar-refractivity contribution is 7.99. The van der Waals surface area contributed by atoms with Gasteiger partial charge in [0.15, 0.2) is 5.78 Å². The summed E-state index contributed by atoms with van der Waals surface area (Å²) in [6, 6.07) is 7.22. The highest BCUT2D eigenvalue weighted by Crippen LogP contribution is 2.26. The van der Waals surface area contributed by atoms with Crippen molar-refractivity contribution >= 4 is 23.5 Å². The number of rotatable bonds is 8. The van der Waals surface area contributed by atoms with Crippen LogP contribution in [0.2, 0.25) is 0 Å². The molecule has 0 aliphatic carbocycles. The number of aromatic amines is 1. The number of benzene rings is 1. The molecule has 0 saturated carbocycles. The zero-order valence-electron chi connectivity index (χ0n) is 16.6. The summed E-state index contributed by atoms with van der Waals surface area (Å²) in [5, 5.41) is 8.28. The molecule has 152 valence electrons. The summed E-state index contributed by atoms with van der Waals surface area (Å²) < 4.78 is 15.8. The van der Waals surface area contributed by atoms with Crippen LogP contribution in [0.4, 0.5) is 0 Å². The molecule has 0 unspecified atom stereocenters. The molecule has 8 nitrogen and oxygen atoms in total. The van der Waals surface area contributed by atoms with Crippen LogP contribution in [0, 0.1) is 13.8 Å². The zero-order valence-corrected chi connectivity index (χ0v) is 17.4. The van der Waals surface area contributed by atoms with Crippen LogP contribution in [0.1, 0.15) is 39.0 Å². The first kappa shape index (κ1) is 20.7. The van der Waals surface area contributed by atoms with Crippen LogP contribution in [0.3, 0.4) is 0 Å². The van der Waals surface area contributed by atoms with Gasteiger partial charge in [-0.05, 0) is 50.6 Å². The van der Waals surface area contributed by atoms with E-state index in [4.69, 9.17) is 13.9 Å². The van der Waals surface area contributed by atoms with Crippen molar-refractivity contribution < 1.29 is 23.5 Å². The number of aryl methyl sites for hydroxylation is 1. The van der Waals surface area contributed by atoms with E-state index in [-0.39, 0.29) is 23.4 Å². The number of esters is 1. The molecule has 0 amide bonds. The molecule has 0 fully saturated rings. The van der Waals surface area contributed by atoms with Crippen molar-refractivity contribution in [3.63, 3.8) is 0 Å². The Hall–Kier alpha value is -3.07. The molecule has 1 aromatic carbocycles. The first-order valence-electron chi connectivity index (χ1n) is 8.94. The van der Waals surface area contributed by atoms with Crippen LogP contribution in [0.15, 0.2) is 33.9 Å². The second kappa shape index (κ2) is 8.95. The first-order valence-corrected chi connectivity index (χ1v) is 9.93. The van der Waals surface area contributed by atoms with Crippen molar-refractivity contribution in [3.05, 3.63) is 46.8 Å². The lowest BCUT2D eigenvalue weighted by Gasteiger charge is -2.02. The first-order chi connectivity index (χ1) is 13.9. The van der Waals surface area contributed by atoms with Gasteiger partial charge in [-0.15, -0.1) is 10.2 Å². The van der Waals surface area contributed by atoms with Gasteiger partial charge in [-0.2, -0.15) is 0 Å². The molecular formula is C20H21N3O5S. The van der Waals surface area contributed by atoms with E-state index in [1.54, 1.807) is 40.0 Å². The van der Waals surface area contributed by atoms with Gasteiger partial charge < -0.3 is 18.9 Å². The van der Waals surface area contributed by atoms with Gasteiger partial charge in [-0.25, -0.2) is 4.79 Å². The molecule has 0 bridgehead atoms. The third kappa shape index (κ3) is 4.51. The van der Waals surface area contributed by atoms with E-state index in [2.05, 4.69) is 15.2 Å². The molecule has 29 heavy (non-hydrogen) atoms. The van der Waals surface area contributed by atoms with E-state index < -0.39 is 5.97 Å². The van der Waals surface area contributed by atoms with Gasteiger partial charge in [0, 0.05) is 11.3 Å². The Bertz CT molecular complexity index is 1020. The van der Waals surface area contributed by atoms with Gasteiger partial charge in [-0.1, -0.05) is 11.8 Å². The van der Waals surface area contributed by atoms with Crippen molar-refractivity contribution in [3.8, 4) is 17.2 Å². The van der Waals surface area contributed by atoms with Gasteiger partial charge in [-0.3, -0.25) is 4.79 Å². The summed E-state index contributed by atoms with van der Waals surface area (Å²) in [7, 11) is 1.59. The fraction of sp³-hybridized carbons (Fsp3) is 0.300. The molecule has 3 rings (SSSR count). The summed E-state index contributed by atoms with van der Waals surface area (Å²) in [4.78, 5) is 27.7. The van der Waals surface area contributed by atoms with Crippen LogP contribution in [0.5, 0.6) is 5.75 Å². The van der Waals surface area contributed by atoms with E-state index in [1.807, 2.05) is 12.1 Å². The van der Waals surface area contributed by atoms with E-state index in [0.29, 0.717) is 28.4 Å². The molecule has 2 heterocycles. The number of thioether (sulfide) groups is 1. The summed E-state index contributed by atoms with van der Waals surface area (Å²) in [6.45, 7) is 5.47. The SMILES string of the molecule is CCOC(=O)c1c(C)[nH]c(C(=O)CSc2nnc(-c3ccc(OC)cc3)o2)c1C. The Labute approximate surface area is 172 Å². The Balaban J connectivity index is 1.68. The van der Waals surface area contributed by atoms with Gasteiger partial charge >= 0.3 is 5.97 Å². The van der Waals surface area contributed by atoms with Crippen LogP contribution < -0.4 is 4.74 Å². The summed E-state index contributed by atoms with van der Waals surface area (Å²) in [5.74, 6) is 0.570. The third-order valence-electron chi connectivity index (χ3n) is 4.27. The smallest absolute Gasteiger partial charge is 0.340 e. The van der Waals surface area contributed by atoms with E-state index >= 15 is 0 Å². The van der Waals surface area contributed by atoms with E-state index in [0.717, 1.165) is 23.1 Å². The molecular weight excluding hydrogens is 394 g/mol. The monoisotopic (exact) mass is 415 g/mol. The summed E-state index contributed by atoms with van der Waals surface area (Å²) in [5.41, 5.74) is 2.73. The largest absolute Gasteiger partial charge is 0.497 e. The number of nitrogens with zero attached hydrogens (tertiary/aromatic N) is 2. The Morgan fingerprint density at radius 3 is 2.55 bits per heavy atom. The topological polar surface area (TPSA) is 107 Å². The lowest BCUT2D eigenvalue weighted by Crippen LogP contribution is -2.08. The molecule has 0 atom stereocenters. The van der Waals surface area contributed by atoms with Crippen LogP contribution in [0.25, 0.3) is 11.5 Å². The number of ether oxygens (including phenoxy) is 2. The summed E-state index contributed by atoms with van der Waals surface area (Å²) >= 11 is 1.14. The average Bonchev–Trinajstić information content (AvgIpc) is 3.30. The van der Waals surface area contributed by atoms with Gasteiger partial charge in [0.1, 0.15) is 5.75 Å². The minimum absolute atomic E-state index is 0.0906. The minimum Gasteiger partial charge on any atom is -0.497 e. The molecule has 0 saturated heterocycles. The second-order valence-electron chi connectivity index (χ2n) is 6.16. The van der Waals surface area contributed by atoms with Crippen LogP contribution >= 0.6 is 11.8 Å². The fourth-order valence-corrected chi connectivity index (χ4v) is 3.49. The predicted octanol–water partition coefficient (Wildman–Crippen LogP) is 3.84. The number of methoxy groups -OCH3 is 1. The van der Waals surface area contributed by atoms with Crippen molar-refractivity contribution in [1.82, 2.24) is 15.2 Å². The lowest BCUT2D eigenvalue weighted by atomic mass is 10.1. The third-order valence-corrected chi connectivity index (χ3v) is 5.08. The normalized spacial score (nSPS) is 10.8. The number of carbonyl (C=O) groups is 2. The number of carbonyl (C=O) groups excluding carboxylic acids is 2. The van der Waals surface area contributed by atoms with Crippen molar-refractivity contribution in [1.29, 1.82) is 0 Å². The molecule has 0 spiro atoms. The zero-order chi connectivity index (χ0) is 21.0. The maximum Gasteiger partial charge on any atom is 0.340 e. The number of H-pyrrole nitrogens is 1. The summed E-state index contributed by atoms with van der Waals surface area (Å²) in [6.07, 6.45) is 0. The molecule has 0 aliphatic heterocycles. The Morgan fingerprint density at radius 2 is 1.90 bits per heavy atom. The standard InChI is InChI=1S/C20H21N3O5S/c1-5-27-19(25)16-11(2)17(21-12(16)3)15(24)10-29-20-23-22-18(28-20)13-6-8-14(26-4)9-7-13/h6-9,21H,5,10H2,1-4H3. The number of nitrogens with one attached hydrogen (secondary N) is 1. The van der Waals surface area contributed by atoms with E-state index in [1.165, 1.54) is 0 Å². The van der Waals surface area contributed by atoms with Crippen LogP contribution in [-0.4, -0.2) is 46.4 Å². The van der Waals surface area contributed by atoms with Gasteiger partial charge in [0.05, 0.1) is 30.7 Å². The maximum absolute atomic E-state index is 12.6. The molecule has 0 aliphatic rings. The molecule has 1 N–H and O–H groups in total. The van der Waals surface area contributed by atoms with Crippen LogP contribution in [-0.2, 0) is 4.74 Å². The lowest BCUT2D eigenvalue weighted by molar-refractivity contribution is 0.0525. The van der Waals surface area contributed by atoms with E-state index in [9.17, 15) is 9.59 Å². The number of aromatic nitrogens is 3. The van der Waals surface area contributed by atoms with Gasteiger partial charge in [0.25, 0.3) is 5.22 Å².